The minimum Gasteiger partial charge on any atom is -0.395 e. The van der Waals surface area contributed by atoms with E-state index in [1.54, 1.807) is 30.3 Å². The highest BCUT2D eigenvalue weighted by Crippen LogP contribution is 2.41. The fourth-order valence-corrected chi connectivity index (χ4v) is 2.31. The van der Waals surface area contributed by atoms with Crippen molar-refractivity contribution in [2.45, 2.75) is 6.29 Å². The Kier molecular flexibility index (Phi) is 3.05. The standard InChI is InChI=1S/C16H9F2N3O3/c17-16(18)23-13-6-5-12(7-14(13)24-16)21-9-19-15(20-21)11-3-1-10(8-22)2-4-11/h1-9H. The Bertz CT molecular complexity index is 923. The van der Waals surface area contributed by atoms with Gasteiger partial charge in [-0.1, -0.05) is 24.3 Å². The van der Waals surface area contributed by atoms with Crippen molar-refractivity contribution < 1.29 is 23.0 Å². The van der Waals surface area contributed by atoms with Crippen LogP contribution in [0.3, 0.4) is 0 Å². The van der Waals surface area contributed by atoms with Gasteiger partial charge in [0.15, 0.2) is 17.3 Å². The van der Waals surface area contributed by atoms with Crippen LogP contribution in [0.1, 0.15) is 10.4 Å². The van der Waals surface area contributed by atoms with Gasteiger partial charge in [0.25, 0.3) is 0 Å². The van der Waals surface area contributed by atoms with Crippen molar-refractivity contribution in [3.8, 4) is 28.6 Å². The second-order valence-electron chi connectivity index (χ2n) is 5.05. The predicted molar refractivity (Wildman–Crippen MR) is 78.4 cm³/mol. The zero-order valence-corrected chi connectivity index (χ0v) is 12.0. The summed E-state index contributed by atoms with van der Waals surface area (Å²) < 4.78 is 36.3. The van der Waals surface area contributed by atoms with Crippen LogP contribution >= 0.6 is 0 Å². The molecule has 3 aromatic rings. The molecule has 0 saturated heterocycles. The molecule has 0 fully saturated rings. The van der Waals surface area contributed by atoms with Crippen molar-refractivity contribution >= 4 is 6.29 Å². The molecule has 0 unspecified atom stereocenters. The van der Waals surface area contributed by atoms with Crippen molar-refractivity contribution in [2.24, 2.45) is 0 Å². The number of rotatable bonds is 3. The van der Waals surface area contributed by atoms with Crippen LogP contribution in [0, 0.1) is 0 Å². The highest BCUT2D eigenvalue weighted by molar-refractivity contribution is 5.76. The van der Waals surface area contributed by atoms with Crippen molar-refractivity contribution in [1.82, 2.24) is 14.8 Å². The molecule has 0 bridgehead atoms. The van der Waals surface area contributed by atoms with Gasteiger partial charge in [0, 0.05) is 17.2 Å². The molecule has 0 aliphatic carbocycles. The first-order chi connectivity index (χ1) is 11.5. The Balaban J connectivity index is 1.65. The first kappa shape index (κ1) is 14.3. The largest absolute Gasteiger partial charge is 0.586 e. The lowest BCUT2D eigenvalue weighted by Crippen LogP contribution is -2.25. The van der Waals surface area contributed by atoms with Gasteiger partial charge in [-0.25, -0.2) is 9.67 Å². The molecular formula is C16H9F2N3O3. The summed E-state index contributed by atoms with van der Waals surface area (Å²) in [6.45, 7) is 0. The van der Waals surface area contributed by atoms with Gasteiger partial charge in [-0.3, -0.25) is 4.79 Å². The van der Waals surface area contributed by atoms with Gasteiger partial charge in [0.05, 0.1) is 5.69 Å². The lowest BCUT2D eigenvalue weighted by Gasteiger charge is -2.04. The van der Waals surface area contributed by atoms with Crippen LogP contribution in [0.4, 0.5) is 8.78 Å². The monoisotopic (exact) mass is 329 g/mol. The predicted octanol–water partition coefficient (Wildman–Crippen LogP) is 3.07. The molecule has 1 aromatic heterocycles. The molecule has 8 heteroatoms. The van der Waals surface area contributed by atoms with E-state index in [1.807, 2.05) is 0 Å². The molecule has 0 radical (unpaired) electrons. The fourth-order valence-electron chi connectivity index (χ4n) is 2.31. The maximum Gasteiger partial charge on any atom is 0.586 e. The number of benzene rings is 2. The number of halogens is 2. The number of nitrogens with zero attached hydrogens (tertiary/aromatic N) is 3. The minimum absolute atomic E-state index is 0.0338. The van der Waals surface area contributed by atoms with E-state index in [9.17, 15) is 13.6 Å². The SMILES string of the molecule is O=Cc1ccc(-c2ncn(-c3ccc4c(c3)OC(F)(F)O4)n2)cc1. The van der Waals surface area contributed by atoms with E-state index in [1.165, 1.54) is 23.1 Å². The zero-order chi connectivity index (χ0) is 16.7. The molecule has 1 aliphatic heterocycles. The molecule has 0 N–H and O–H groups in total. The summed E-state index contributed by atoms with van der Waals surface area (Å²) >= 11 is 0. The average molecular weight is 329 g/mol. The van der Waals surface area contributed by atoms with E-state index < -0.39 is 6.29 Å². The number of alkyl halides is 2. The Morgan fingerprint density at radius 3 is 2.54 bits per heavy atom. The highest BCUT2D eigenvalue weighted by atomic mass is 19.3. The first-order valence-electron chi connectivity index (χ1n) is 6.92. The van der Waals surface area contributed by atoms with E-state index in [-0.39, 0.29) is 11.5 Å². The van der Waals surface area contributed by atoms with E-state index in [4.69, 9.17) is 0 Å². The van der Waals surface area contributed by atoms with Gasteiger partial charge in [0.2, 0.25) is 0 Å². The number of carbonyl (C=O) groups is 1. The lowest BCUT2D eigenvalue weighted by atomic mass is 10.1. The third-order valence-electron chi connectivity index (χ3n) is 3.45. The maximum atomic E-state index is 13.1. The second-order valence-corrected chi connectivity index (χ2v) is 5.05. The van der Waals surface area contributed by atoms with Gasteiger partial charge in [-0.2, -0.15) is 0 Å². The highest BCUT2D eigenvalue weighted by Gasteiger charge is 2.43. The average Bonchev–Trinajstić information content (AvgIpc) is 3.17. The van der Waals surface area contributed by atoms with Gasteiger partial charge in [-0.15, -0.1) is 13.9 Å². The van der Waals surface area contributed by atoms with E-state index in [0.717, 1.165) is 11.8 Å². The van der Waals surface area contributed by atoms with Crippen LogP contribution in [0.5, 0.6) is 11.5 Å². The maximum absolute atomic E-state index is 13.1. The smallest absolute Gasteiger partial charge is 0.395 e. The van der Waals surface area contributed by atoms with E-state index >= 15 is 0 Å². The van der Waals surface area contributed by atoms with Crippen LogP contribution in [0.25, 0.3) is 17.1 Å². The van der Waals surface area contributed by atoms with E-state index in [0.29, 0.717) is 17.1 Å². The first-order valence-corrected chi connectivity index (χ1v) is 6.92. The molecule has 0 saturated carbocycles. The zero-order valence-electron chi connectivity index (χ0n) is 12.0. The van der Waals surface area contributed by atoms with Crippen LogP contribution in [-0.4, -0.2) is 27.3 Å². The minimum atomic E-state index is -3.66. The summed E-state index contributed by atoms with van der Waals surface area (Å²) in [4.78, 5) is 14.9. The fraction of sp³-hybridized carbons (Fsp3) is 0.0625. The summed E-state index contributed by atoms with van der Waals surface area (Å²) in [7, 11) is 0. The van der Waals surface area contributed by atoms with Crippen LogP contribution in [0.2, 0.25) is 0 Å². The van der Waals surface area contributed by atoms with Gasteiger partial charge in [-0.05, 0) is 12.1 Å². The quantitative estimate of drug-likeness (QED) is 0.691. The summed E-state index contributed by atoms with van der Waals surface area (Å²) in [5, 5.41) is 4.30. The molecular weight excluding hydrogens is 320 g/mol. The van der Waals surface area contributed by atoms with E-state index in [2.05, 4.69) is 19.6 Å². The lowest BCUT2D eigenvalue weighted by molar-refractivity contribution is -0.286. The van der Waals surface area contributed by atoms with Gasteiger partial charge >= 0.3 is 6.29 Å². The van der Waals surface area contributed by atoms with Crippen molar-refractivity contribution in [3.05, 3.63) is 54.4 Å². The number of aromatic nitrogens is 3. The topological polar surface area (TPSA) is 66.2 Å². The molecule has 0 spiro atoms. The summed E-state index contributed by atoms with van der Waals surface area (Å²) in [5.41, 5.74) is 1.78. The Morgan fingerprint density at radius 2 is 1.79 bits per heavy atom. The molecule has 6 nitrogen and oxygen atoms in total. The number of carbonyl (C=O) groups excluding carboxylic acids is 1. The molecule has 1 aliphatic rings. The summed E-state index contributed by atoms with van der Waals surface area (Å²) in [6.07, 6.45) is -1.45. The van der Waals surface area contributed by atoms with Crippen molar-refractivity contribution in [3.63, 3.8) is 0 Å². The van der Waals surface area contributed by atoms with Crippen LogP contribution in [0.15, 0.2) is 48.8 Å². The Hall–Kier alpha value is -3.29. The molecule has 24 heavy (non-hydrogen) atoms. The number of aldehydes is 1. The number of hydrogen-bond donors (Lipinski definition) is 0. The number of hydrogen-bond acceptors (Lipinski definition) is 5. The molecule has 2 aromatic carbocycles. The van der Waals surface area contributed by atoms with Gasteiger partial charge in [0.1, 0.15) is 12.6 Å². The van der Waals surface area contributed by atoms with Crippen LogP contribution in [-0.2, 0) is 0 Å². The number of fused-ring (bicyclic) bond motifs is 1. The van der Waals surface area contributed by atoms with Crippen LogP contribution < -0.4 is 9.47 Å². The third kappa shape index (κ3) is 2.47. The third-order valence-corrected chi connectivity index (χ3v) is 3.45. The Labute approximate surface area is 134 Å². The molecule has 0 atom stereocenters. The summed E-state index contributed by atoms with van der Waals surface area (Å²) in [6, 6.07) is 11.1. The second kappa shape index (κ2) is 5.12. The molecule has 4 rings (SSSR count). The van der Waals surface area contributed by atoms with Crippen molar-refractivity contribution in [2.75, 3.05) is 0 Å². The molecule has 2 heterocycles. The Morgan fingerprint density at radius 1 is 1.04 bits per heavy atom. The molecule has 0 amide bonds. The van der Waals surface area contributed by atoms with Crippen molar-refractivity contribution in [1.29, 1.82) is 0 Å². The molecule has 120 valence electrons. The normalized spacial score (nSPS) is 14.6. The van der Waals surface area contributed by atoms with Gasteiger partial charge < -0.3 is 9.47 Å². The summed E-state index contributed by atoms with van der Waals surface area (Å²) in [5.74, 6) is 0.342. The number of ether oxygens (including phenoxy) is 2.